The van der Waals surface area contributed by atoms with E-state index in [0.29, 0.717) is 17.4 Å². The van der Waals surface area contributed by atoms with Crippen molar-refractivity contribution in [2.45, 2.75) is 32.0 Å². The van der Waals surface area contributed by atoms with E-state index < -0.39 is 0 Å². The fraction of sp³-hybridized carbons (Fsp3) is 0.467. The summed E-state index contributed by atoms with van der Waals surface area (Å²) in [6.07, 6.45) is 1.97. The zero-order chi connectivity index (χ0) is 15.3. The van der Waals surface area contributed by atoms with Crippen LogP contribution in [0.15, 0.2) is 12.1 Å². The van der Waals surface area contributed by atoms with E-state index in [2.05, 4.69) is 0 Å². The molecule has 0 atom stereocenters. The highest BCUT2D eigenvalue weighted by atomic mass is 35.5. The molecule has 1 aromatic rings. The van der Waals surface area contributed by atoms with Crippen molar-refractivity contribution in [1.82, 2.24) is 9.80 Å². The summed E-state index contributed by atoms with van der Waals surface area (Å²) in [6, 6.07) is 3.54. The van der Waals surface area contributed by atoms with Crippen LogP contribution in [0.1, 0.15) is 24.0 Å². The molecular formula is C15H15ClN2O4. The zero-order valence-corrected chi connectivity index (χ0v) is 12.6. The molecule has 2 fully saturated rings. The highest BCUT2D eigenvalue weighted by molar-refractivity contribution is 6.30. The zero-order valence-electron chi connectivity index (χ0n) is 11.9. The van der Waals surface area contributed by atoms with Crippen LogP contribution >= 0.6 is 11.6 Å². The lowest BCUT2D eigenvalue weighted by molar-refractivity contribution is -0.125. The summed E-state index contributed by atoms with van der Waals surface area (Å²) in [4.78, 5) is 27.5. The lowest BCUT2D eigenvalue weighted by atomic mass is 10.1. The molecule has 0 aromatic heterocycles. The number of hydrogen-bond donors (Lipinski definition) is 0. The van der Waals surface area contributed by atoms with Gasteiger partial charge in [0.05, 0.1) is 13.2 Å². The maximum absolute atomic E-state index is 12.4. The molecule has 2 aliphatic heterocycles. The number of carbonyl (C=O) groups excluding carboxylic acids is 2. The van der Waals surface area contributed by atoms with Gasteiger partial charge in [0.2, 0.25) is 0 Å². The van der Waals surface area contributed by atoms with Gasteiger partial charge >= 0.3 is 6.03 Å². The first-order valence-electron chi connectivity index (χ1n) is 7.26. The van der Waals surface area contributed by atoms with Crippen molar-refractivity contribution >= 4 is 23.5 Å². The minimum absolute atomic E-state index is 0.164. The van der Waals surface area contributed by atoms with E-state index in [4.69, 9.17) is 21.1 Å². The monoisotopic (exact) mass is 322 g/mol. The molecule has 3 aliphatic rings. The number of fused-ring (bicyclic) bond motifs is 1. The normalized spacial score (nSPS) is 21.1. The number of nitrogens with zero attached hydrogens (tertiary/aromatic N) is 2. The fourth-order valence-corrected chi connectivity index (χ4v) is 3.20. The number of carbonyl (C=O) groups is 2. The third-order valence-electron chi connectivity index (χ3n) is 4.15. The standard InChI is InChI=1S/C15H15ClN2O4/c16-11-3-9(14-10(4-11)7-21-8-22-14)5-18-13(19)6-17(15(18)20)12-1-2-12/h3-4,12H,1-2,5-8H2. The summed E-state index contributed by atoms with van der Waals surface area (Å²) in [5.74, 6) is 0.499. The van der Waals surface area contributed by atoms with Crippen molar-refractivity contribution < 1.29 is 19.1 Å². The molecular weight excluding hydrogens is 308 g/mol. The van der Waals surface area contributed by atoms with Gasteiger partial charge in [0.1, 0.15) is 12.3 Å². The third kappa shape index (κ3) is 2.32. The van der Waals surface area contributed by atoms with Crippen LogP contribution < -0.4 is 4.74 Å². The smallest absolute Gasteiger partial charge is 0.327 e. The van der Waals surface area contributed by atoms with Gasteiger partial charge in [-0.3, -0.25) is 9.69 Å². The number of halogens is 1. The summed E-state index contributed by atoms with van der Waals surface area (Å²) < 4.78 is 10.8. The first-order chi connectivity index (χ1) is 10.6. The quantitative estimate of drug-likeness (QED) is 0.800. The largest absolute Gasteiger partial charge is 0.467 e. The van der Waals surface area contributed by atoms with E-state index in [1.165, 1.54) is 4.90 Å². The molecule has 1 saturated heterocycles. The average molecular weight is 323 g/mol. The molecule has 0 spiro atoms. The molecule has 2 heterocycles. The summed E-state index contributed by atoms with van der Waals surface area (Å²) in [7, 11) is 0. The highest BCUT2D eigenvalue weighted by Gasteiger charge is 2.43. The molecule has 1 saturated carbocycles. The second kappa shape index (κ2) is 5.14. The van der Waals surface area contributed by atoms with Gasteiger partial charge in [-0.05, 0) is 25.0 Å². The highest BCUT2D eigenvalue weighted by Crippen LogP contribution is 2.35. The van der Waals surface area contributed by atoms with Crippen molar-refractivity contribution in [3.8, 4) is 5.75 Å². The third-order valence-corrected chi connectivity index (χ3v) is 4.37. The van der Waals surface area contributed by atoms with E-state index in [1.807, 2.05) is 0 Å². The predicted octanol–water partition coefficient (Wildman–Crippen LogP) is 2.13. The van der Waals surface area contributed by atoms with Crippen LogP contribution in [0.5, 0.6) is 5.75 Å². The van der Waals surface area contributed by atoms with E-state index in [1.54, 1.807) is 17.0 Å². The van der Waals surface area contributed by atoms with E-state index in [9.17, 15) is 9.59 Å². The van der Waals surface area contributed by atoms with Crippen LogP contribution in [0.4, 0.5) is 4.79 Å². The van der Waals surface area contributed by atoms with Gasteiger partial charge in [-0.25, -0.2) is 4.79 Å². The molecule has 1 aliphatic carbocycles. The molecule has 0 radical (unpaired) electrons. The van der Waals surface area contributed by atoms with Crippen LogP contribution in [0.25, 0.3) is 0 Å². The van der Waals surface area contributed by atoms with Gasteiger partial charge in [0.25, 0.3) is 5.91 Å². The Labute approximate surface area is 132 Å². The molecule has 0 unspecified atom stereocenters. The summed E-state index contributed by atoms with van der Waals surface area (Å²) in [6.45, 7) is 0.941. The van der Waals surface area contributed by atoms with E-state index >= 15 is 0 Å². The second-order valence-electron chi connectivity index (χ2n) is 5.79. The molecule has 0 bridgehead atoms. The van der Waals surface area contributed by atoms with Gasteiger partial charge < -0.3 is 14.4 Å². The second-order valence-corrected chi connectivity index (χ2v) is 6.22. The first kappa shape index (κ1) is 13.8. The minimum Gasteiger partial charge on any atom is -0.467 e. The minimum atomic E-state index is -0.215. The van der Waals surface area contributed by atoms with Crippen LogP contribution in [-0.4, -0.2) is 41.1 Å². The molecule has 6 nitrogen and oxygen atoms in total. The molecule has 1 aromatic carbocycles. The Bertz CT molecular complexity index is 659. The van der Waals surface area contributed by atoms with Crippen molar-refractivity contribution in [2.75, 3.05) is 13.3 Å². The van der Waals surface area contributed by atoms with Crippen LogP contribution in [0.2, 0.25) is 5.02 Å². The van der Waals surface area contributed by atoms with Crippen LogP contribution in [0, 0.1) is 0 Å². The van der Waals surface area contributed by atoms with Crippen molar-refractivity contribution in [1.29, 1.82) is 0 Å². The summed E-state index contributed by atoms with van der Waals surface area (Å²) in [5.41, 5.74) is 1.58. The maximum atomic E-state index is 12.4. The molecule has 0 N–H and O–H groups in total. The van der Waals surface area contributed by atoms with Crippen molar-refractivity contribution in [3.05, 3.63) is 28.3 Å². The Hall–Kier alpha value is -1.79. The lowest BCUT2D eigenvalue weighted by Crippen LogP contribution is -2.34. The summed E-state index contributed by atoms with van der Waals surface area (Å²) in [5, 5.41) is 0.543. The Morgan fingerprint density at radius 1 is 1.27 bits per heavy atom. The fourth-order valence-electron chi connectivity index (χ4n) is 2.93. The van der Waals surface area contributed by atoms with E-state index in [-0.39, 0.29) is 37.9 Å². The van der Waals surface area contributed by atoms with Gasteiger partial charge in [-0.2, -0.15) is 0 Å². The van der Waals surface area contributed by atoms with Crippen molar-refractivity contribution in [2.24, 2.45) is 0 Å². The lowest BCUT2D eigenvalue weighted by Gasteiger charge is -2.23. The Balaban J connectivity index is 1.62. The molecule has 22 heavy (non-hydrogen) atoms. The van der Waals surface area contributed by atoms with Crippen LogP contribution in [0.3, 0.4) is 0 Å². The maximum Gasteiger partial charge on any atom is 0.327 e. The average Bonchev–Trinajstić information content (AvgIpc) is 3.29. The Morgan fingerprint density at radius 3 is 2.86 bits per heavy atom. The number of hydrogen-bond acceptors (Lipinski definition) is 4. The molecule has 4 rings (SSSR count). The first-order valence-corrected chi connectivity index (χ1v) is 7.64. The van der Waals surface area contributed by atoms with E-state index in [0.717, 1.165) is 24.0 Å². The number of benzene rings is 1. The Morgan fingerprint density at radius 2 is 2.09 bits per heavy atom. The molecule has 116 valence electrons. The number of imide groups is 1. The Kier molecular flexibility index (Phi) is 3.23. The van der Waals surface area contributed by atoms with Gasteiger partial charge in [0, 0.05) is 22.2 Å². The number of rotatable bonds is 3. The predicted molar refractivity (Wildman–Crippen MR) is 77.4 cm³/mol. The summed E-state index contributed by atoms with van der Waals surface area (Å²) >= 11 is 6.12. The number of ether oxygens (including phenoxy) is 2. The van der Waals surface area contributed by atoms with Gasteiger partial charge in [-0.1, -0.05) is 11.6 Å². The van der Waals surface area contributed by atoms with Gasteiger partial charge in [0.15, 0.2) is 6.79 Å². The SMILES string of the molecule is O=C1CN(C2CC2)C(=O)N1Cc1cc(Cl)cc2c1OCOC2. The molecule has 7 heteroatoms. The van der Waals surface area contributed by atoms with Crippen molar-refractivity contribution in [3.63, 3.8) is 0 Å². The molecule has 3 amide bonds. The number of amides is 3. The number of urea groups is 1. The van der Waals surface area contributed by atoms with Gasteiger partial charge in [-0.15, -0.1) is 0 Å². The topological polar surface area (TPSA) is 59.1 Å². The van der Waals surface area contributed by atoms with Crippen LogP contribution in [-0.2, 0) is 22.7 Å².